The van der Waals surface area contributed by atoms with Crippen LogP contribution in [0.2, 0.25) is 0 Å². The van der Waals surface area contributed by atoms with Crippen molar-refractivity contribution >= 4 is 27.7 Å². The topological polar surface area (TPSA) is 58.6 Å². The molecule has 1 N–H and O–H groups in total. The molecule has 0 aliphatic carbocycles. The number of amides is 2. The lowest BCUT2D eigenvalue weighted by molar-refractivity contribution is -0.142. The van der Waals surface area contributed by atoms with E-state index in [0.717, 1.165) is 16.5 Å². The number of hydrogen-bond acceptors (Lipinski definition) is 3. The van der Waals surface area contributed by atoms with E-state index in [1.54, 1.807) is 11.8 Å². The number of aryl methyl sites for hydroxylation is 1. The Morgan fingerprint density at radius 2 is 1.82 bits per heavy atom. The van der Waals surface area contributed by atoms with Crippen LogP contribution in [0.5, 0.6) is 5.75 Å². The fraction of sp³-hybridized carbons (Fsp3) is 0.364. The number of nitrogens with one attached hydrogen (secondary N) is 1. The molecule has 0 bridgehead atoms. The van der Waals surface area contributed by atoms with Gasteiger partial charge in [-0.05, 0) is 59.5 Å². The SMILES string of the molecule is CCNC(=O)[C@@H](C)N(Cc1ccccc1)C(=O)COc1ccc(CC)cc1Br. The van der Waals surface area contributed by atoms with Crippen LogP contribution in [0, 0.1) is 0 Å². The van der Waals surface area contributed by atoms with Gasteiger partial charge in [0.25, 0.3) is 5.91 Å². The summed E-state index contributed by atoms with van der Waals surface area (Å²) in [6.45, 7) is 6.39. The highest BCUT2D eigenvalue weighted by atomic mass is 79.9. The van der Waals surface area contributed by atoms with E-state index in [0.29, 0.717) is 18.8 Å². The fourth-order valence-electron chi connectivity index (χ4n) is 2.79. The average molecular weight is 447 g/mol. The molecule has 0 aliphatic heterocycles. The van der Waals surface area contributed by atoms with Crippen LogP contribution >= 0.6 is 15.9 Å². The third-order valence-electron chi connectivity index (χ3n) is 4.47. The van der Waals surface area contributed by atoms with Crippen molar-refractivity contribution in [2.45, 2.75) is 39.8 Å². The molecular formula is C22H27BrN2O3. The maximum absolute atomic E-state index is 12.9. The molecule has 0 saturated carbocycles. The van der Waals surface area contributed by atoms with Crippen molar-refractivity contribution in [2.24, 2.45) is 0 Å². The normalized spacial score (nSPS) is 11.6. The zero-order valence-electron chi connectivity index (χ0n) is 16.6. The highest BCUT2D eigenvalue weighted by Crippen LogP contribution is 2.26. The van der Waals surface area contributed by atoms with Crippen molar-refractivity contribution in [3.8, 4) is 5.75 Å². The molecule has 28 heavy (non-hydrogen) atoms. The Morgan fingerprint density at radius 3 is 2.43 bits per heavy atom. The van der Waals surface area contributed by atoms with E-state index >= 15 is 0 Å². The zero-order chi connectivity index (χ0) is 20.5. The van der Waals surface area contributed by atoms with Crippen LogP contribution < -0.4 is 10.1 Å². The number of halogens is 1. The summed E-state index contributed by atoms with van der Waals surface area (Å²) in [6, 6.07) is 14.8. The lowest BCUT2D eigenvalue weighted by Crippen LogP contribution is -2.49. The summed E-state index contributed by atoms with van der Waals surface area (Å²) in [6.07, 6.45) is 0.923. The van der Waals surface area contributed by atoms with Gasteiger partial charge in [-0.25, -0.2) is 0 Å². The Kier molecular flexibility index (Phi) is 8.51. The van der Waals surface area contributed by atoms with Gasteiger partial charge in [0.05, 0.1) is 4.47 Å². The lowest BCUT2D eigenvalue weighted by atomic mass is 10.1. The number of ether oxygens (including phenoxy) is 1. The summed E-state index contributed by atoms with van der Waals surface area (Å²) in [7, 11) is 0. The van der Waals surface area contributed by atoms with E-state index in [4.69, 9.17) is 4.74 Å². The number of hydrogen-bond donors (Lipinski definition) is 1. The van der Waals surface area contributed by atoms with Gasteiger partial charge in [0.1, 0.15) is 11.8 Å². The summed E-state index contributed by atoms with van der Waals surface area (Å²) >= 11 is 3.49. The van der Waals surface area contributed by atoms with E-state index < -0.39 is 6.04 Å². The smallest absolute Gasteiger partial charge is 0.261 e. The molecule has 150 valence electrons. The standard InChI is InChI=1S/C22H27BrN2O3/c1-4-17-11-12-20(19(23)13-17)28-15-21(26)25(16(3)22(27)24-5-2)14-18-9-7-6-8-10-18/h6-13,16H,4-5,14-15H2,1-3H3,(H,24,27)/t16-/m1/s1. The van der Waals surface area contributed by atoms with E-state index in [1.165, 1.54) is 5.56 Å². The molecule has 2 amide bonds. The van der Waals surface area contributed by atoms with Gasteiger partial charge in [-0.1, -0.05) is 43.3 Å². The van der Waals surface area contributed by atoms with Crippen molar-refractivity contribution < 1.29 is 14.3 Å². The second-order valence-electron chi connectivity index (χ2n) is 6.48. The minimum Gasteiger partial charge on any atom is -0.483 e. The number of carbonyl (C=O) groups excluding carboxylic acids is 2. The van der Waals surface area contributed by atoms with Gasteiger partial charge in [-0.15, -0.1) is 0 Å². The second-order valence-corrected chi connectivity index (χ2v) is 7.34. The van der Waals surface area contributed by atoms with Crippen LogP contribution in [0.25, 0.3) is 0 Å². The van der Waals surface area contributed by atoms with Crippen molar-refractivity contribution in [3.05, 3.63) is 64.1 Å². The van der Waals surface area contributed by atoms with Gasteiger partial charge in [0, 0.05) is 13.1 Å². The van der Waals surface area contributed by atoms with Gasteiger partial charge in [0.2, 0.25) is 5.91 Å². The molecule has 0 fully saturated rings. The summed E-state index contributed by atoms with van der Waals surface area (Å²) in [5.74, 6) is 0.185. The van der Waals surface area contributed by atoms with Gasteiger partial charge in [0.15, 0.2) is 6.61 Å². The van der Waals surface area contributed by atoms with Crippen molar-refractivity contribution in [3.63, 3.8) is 0 Å². The highest BCUT2D eigenvalue weighted by Gasteiger charge is 2.26. The predicted molar refractivity (Wildman–Crippen MR) is 114 cm³/mol. The average Bonchev–Trinajstić information content (AvgIpc) is 2.71. The van der Waals surface area contributed by atoms with E-state index in [1.807, 2.05) is 55.5 Å². The minimum atomic E-state index is -0.595. The Morgan fingerprint density at radius 1 is 1.11 bits per heavy atom. The van der Waals surface area contributed by atoms with Crippen LogP contribution in [0.4, 0.5) is 0 Å². The summed E-state index contributed by atoms with van der Waals surface area (Å²) in [5.41, 5.74) is 2.14. The first kappa shape index (κ1) is 22.0. The molecule has 0 saturated heterocycles. The van der Waals surface area contributed by atoms with E-state index in [2.05, 4.69) is 28.2 Å². The van der Waals surface area contributed by atoms with E-state index in [-0.39, 0.29) is 18.4 Å². The van der Waals surface area contributed by atoms with Crippen molar-refractivity contribution in [1.82, 2.24) is 10.2 Å². The molecule has 5 nitrogen and oxygen atoms in total. The molecule has 0 spiro atoms. The summed E-state index contributed by atoms with van der Waals surface area (Å²) < 4.78 is 6.55. The molecule has 2 aromatic rings. The van der Waals surface area contributed by atoms with Crippen molar-refractivity contribution in [1.29, 1.82) is 0 Å². The molecule has 0 heterocycles. The number of nitrogens with zero attached hydrogens (tertiary/aromatic N) is 1. The first-order valence-electron chi connectivity index (χ1n) is 9.48. The molecule has 0 aliphatic rings. The molecule has 0 unspecified atom stereocenters. The molecule has 0 radical (unpaired) electrons. The largest absolute Gasteiger partial charge is 0.483 e. The quantitative estimate of drug-likeness (QED) is 0.634. The van der Waals surface area contributed by atoms with Crippen LogP contribution in [-0.2, 0) is 22.6 Å². The highest BCUT2D eigenvalue weighted by molar-refractivity contribution is 9.10. The summed E-state index contributed by atoms with van der Waals surface area (Å²) in [4.78, 5) is 26.8. The second kappa shape index (κ2) is 10.9. The Balaban J connectivity index is 2.12. The van der Waals surface area contributed by atoms with Gasteiger partial charge < -0.3 is 15.0 Å². The Labute approximate surface area is 175 Å². The maximum Gasteiger partial charge on any atom is 0.261 e. The van der Waals surface area contributed by atoms with Crippen LogP contribution in [0.3, 0.4) is 0 Å². The number of rotatable bonds is 9. The lowest BCUT2D eigenvalue weighted by Gasteiger charge is -2.28. The monoisotopic (exact) mass is 446 g/mol. The maximum atomic E-state index is 12.9. The molecule has 6 heteroatoms. The van der Waals surface area contributed by atoms with Gasteiger partial charge in [-0.2, -0.15) is 0 Å². The van der Waals surface area contributed by atoms with Gasteiger partial charge >= 0.3 is 0 Å². The van der Waals surface area contributed by atoms with Crippen molar-refractivity contribution in [2.75, 3.05) is 13.2 Å². The summed E-state index contributed by atoms with van der Waals surface area (Å²) in [5, 5.41) is 2.78. The molecule has 1 atom stereocenters. The minimum absolute atomic E-state index is 0.138. The van der Waals surface area contributed by atoms with Crippen LogP contribution in [0.1, 0.15) is 31.9 Å². The van der Waals surface area contributed by atoms with E-state index in [9.17, 15) is 9.59 Å². The first-order chi connectivity index (χ1) is 13.5. The first-order valence-corrected chi connectivity index (χ1v) is 10.3. The Hall–Kier alpha value is -2.34. The van der Waals surface area contributed by atoms with Crippen LogP contribution in [-0.4, -0.2) is 35.9 Å². The molecule has 2 rings (SSSR count). The third-order valence-corrected chi connectivity index (χ3v) is 5.09. The third kappa shape index (κ3) is 6.09. The predicted octanol–water partition coefficient (Wildman–Crippen LogP) is 3.94. The van der Waals surface area contributed by atoms with Crippen LogP contribution in [0.15, 0.2) is 53.0 Å². The Bertz CT molecular complexity index is 796. The molecule has 0 aromatic heterocycles. The van der Waals surface area contributed by atoms with Gasteiger partial charge in [-0.3, -0.25) is 9.59 Å². The number of carbonyl (C=O) groups is 2. The molecule has 2 aromatic carbocycles. The molecular weight excluding hydrogens is 420 g/mol. The number of likely N-dealkylation sites (N-methyl/N-ethyl adjacent to an activating group) is 1. The fourth-order valence-corrected chi connectivity index (χ4v) is 3.33. The number of benzene rings is 2. The zero-order valence-corrected chi connectivity index (χ0v) is 18.2.